The molecule has 170 valence electrons. The molecule has 1 atom stereocenters. The first-order valence-electron chi connectivity index (χ1n) is 11.1. The van der Waals surface area contributed by atoms with Crippen LogP contribution in [0.5, 0.6) is 0 Å². The van der Waals surface area contributed by atoms with Crippen LogP contribution in [0.3, 0.4) is 0 Å². The number of amides is 1. The van der Waals surface area contributed by atoms with Crippen molar-refractivity contribution in [3.63, 3.8) is 0 Å². The zero-order valence-electron chi connectivity index (χ0n) is 18.8. The molecule has 0 heterocycles. The van der Waals surface area contributed by atoms with Crippen LogP contribution >= 0.6 is 0 Å². The van der Waals surface area contributed by atoms with E-state index in [0.29, 0.717) is 5.69 Å². The van der Waals surface area contributed by atoms with Crippen molar-refractivity contribution >= 4 is 17.7 Å². The highest BCUT2D eigenvalue weighted by atomic mass is 16.6. The molecule has 1 amide bonds. The minimum atomic E-state index is -0.869. The molecule has 0 saturated carbocycles. The second kappa shape index (κ2) is 9.77. The average molecular weight is 445 g/mol. The van der Waals surface area contributed by atoms with Crippen molar-refractivity contribution in [1.82, 2.24) is 5.32 Å². The summed E-state index contributed by atoms with van der Waals surface area (Å²) in [6.07, 6.45) is -0.676. The van der Waals surface area contributed by atoms with Crippen molar-refractivity contribution in [2.75, 3.05) is 12.3 Å². The van der Waals surface area contributed by atoms with Crippen LogP contribution in [-0.2, 0) is 20.7 Å². The van der Waals surface area contributed by atoms with Gasteiger partial charge >= 0.3 is 12.1 Å². The van der Waals surface area contributed by atoms with Gasteiger partial charge in [0.1, 0.15) is 12.6 Å². The lowest BCUT2D eigenvalue weighted by Crippen LogP contribution is -2.44. The first kappa shape index (κ1) is 22.4. The predicted molar refractivity (Wildman–Crippen MR) is 128 cm³/mol. The van der Waals surface area contributed by atoms with Gasteiger partial charge in [0.05, 0.1) is 6.10 Å². The summed E-state index contributed by atoms with van der Waals surface area (Å²) in [6, 6.07) is 22.6. The molecule has 4 rings (SSSR count). The van der Waals surface area contributed by atoms with Crippen LogP contribution in [0.4, 0.5) is 10.5 Å². The Balaban J connectivity index is 1.45. The summed E-state index contributed by atoms with van der Waals surface area (Å²) < 4.78 is 11.0. The highest BCUT2D eigenvalue weighted by Crippen LogP contribution is 2.44. The van der Waals surface area contributed by atoms with Crippen molar-refractivity contribution < 1.29 is 19.1 Å². The fourth-order valence-electron chi connectivity index (χ4n) is 4.18. The monoisotopic (exact) mass is 444 g/mol. The molecule has 0 saturated heterocycles. The molecule has 33 heavy (non-hydrogen) atoms. The maximum atomic E-state index is 12.7. The smallest absolute Gasteiger partial charge is 0.407 e. The number of benzene rings is 3. The molecule has 0 bridgehead atoms. The highest BCUT2D eigenvalue weighted by Gasteiger charge is 2.30. The lowest BCUT2D eigenvalue weighted by atomic mass is 9.98. The lowest BCUT2D eigenvalue weighted by molar-refractivity contribution is -0.149. The first-order chi connectivity index (χ1) is 15.9. The van der Waals surface area contributed by atoms with Gasteiger partial charge in [-0.2, -0.15) is 0 Å². The third kappa shape index (κ3) is 5.17. The number of nitrogen functional groups attached to an aromatic ring is 1. The third-order valence-corrected chi connectivity index (χ3v) is 5.69. The number of alkyl carbamates (subject to hydrolysis) is 1. The van der Waals surface area contributed by atoms with Crippen LogP contribution in [0.2, 0.25) is 0 Å². The van der Waals surface area contributed by atoms with E-state index in [1.807, 2.05) is 36.4 Å². The Morgan fingerprint density at radius 3 is 2.06 bits per heavy atom. The number of nitrogens with two attached hydrogens (primary N) is 1. The summed E-state index contributed by atoms with van der Waals surface area (Å²) >= 11 is 0. The van der Waals surface area contributed by atoms with Gasteiger partial charge in [0, 0.05) is 18.0 Å². The van der Waals surface area contributed by atoms with Gasteiger partial charge in [-0.3, -0.25) is 0 Å². The number of hydrogen-bond donors (Lipinski definition) is 2. The summed E-state index contributed by atoms with van der Waals surface area (Å²) in [7, 11) is 0. The van der Waals surface area contributed by atoms with Crippen LogP contribution in [0.25, 0.3) is 11.1 Å². The molecule has 6 heteroatoms. The fourth-order valence-corrected chi connectivity index (χ4v) is 4.18. The normalized spacial score (nSPS) is 13.2. The number of nitrogens with one attached hydrogen (secondary N) is 1. The largest absolute Gasteiger partial charge is 0.461 e. The third-order valence-electron chi connectivity index (χ3n) is 5.69. The zero-order chi connectivity index (χ0) is 23.4. The van der Waals surface area contributed by atoms with Crippen molar-refractivity contribution in [3.8, 4) is 11.1 Å². The van der Waals surface area contributed by atoms with E-state index >= 15 is 0 Å². The van der Waals surface area contributed by atoms with E-state index in [9.17, 15) is 9.59 Å². The summed E-state index contributed by atoms with van der Waals surface area (Å²) in [5.74, 6) is -0.559. The zero-order valence-corrected chi connectivity index (χ0v) is 18.8. The van der Waals surface area contributed by atoms with Gasteiger partial charge < -0.3 is 20.5 Å². The maximum absolute atomic E-state index is 12.7. The maximum Gasteiger partial charge on any atom is 0.407 e. The Morgan fingerprint density at radius 1 is 0.909 bits per heavy atom. The Morgan fingerprint density at radius 2 is 1.48 bits per heavy atom. The quantitative estimate of drug-likeness (QED) is 0.408. The molecule has 0 spiro atoms. The van der Waals surface area contributed by atoms with Gasteiger partial charge in [0.15, 0.2) is 0 Å². The summed E-state index contributed by atoms with van der Waals surface area (Å²) in [4.78, 5) is 25.3. The summed E-state index contributed by atoms with van der Waals surface area (Å²) in [5, 5.41) is 2.69. The highest BCUT2D eigenvalue weighted by molar-refractivity contribution is 5.82. The molecule has 0 unspecified atom stereocenters. The van der Waals surface area contributed by atoms with E-state index in [4.69, 9.17) is 15.2 Å². The topological polar surface area (TPSA) is 90.6 Å². The van der Waals surface area contributed by atoms with Crippen molar-refractivity contribution in [2.24, 2.45) is 0 Å². The number of ether oxygens (including phenoxy) is 2. The Kier molecular flexibility index (Phi) is 6.63. The molecule has 0 aromatic heterocycles. The molecule has 1 aliphatic carbocycles. The van der Waals surface area contributed by atoms with E-state index in [1.54, 1.807) is 26.0 Å². The second-order valence-electron chi connectivity index (χ2n) is 8.45. The first-order valence-corrected chi connectivity index (χ1v) is 11.1. The number of hydrogen-bond acceptors (Lipinski definition) is 5. The van der Waals surface area contributed by atoms with Crippen LogP contribution < -0.4 is 11.1 Å². The van der Waals surface area contributed by atoms with E-state index in [2.05, 4.69) is 29.6 Å². The number of carbonyl (C=O) groups excluding carboxylic acids is 2. The Labute approximate surface area is 193 Å². The van der Waals surface area contributed by atoms with E-state index < -0.39 is 18.1 Å². The number of fused-ring (bicyclic) bond motifs is 3. The minimum absolute atomic E-state index is 0.0543. The van der Waals surface area contributed by atoms with E-state index in [-0.39, 0.29) is 25.0 Å². The average Bonchev–Trinajstić information content (AvgIpc) is 3.12. The summed E-state index contributed by atoms with van der Waals surface area (Å²) in [6.45, 7) is 3.71. The van der Waals surface area contributed by atoms with E-state index in [1.165, 1.54) is 0 Å². The van der Waals surface area contributed by atoms with Crippen molar-refractivity contribution in [1.29, 1.82) is 0 Å². The summed E-state index contributed by atoms with van der Waals surface area (Å²) in [5.41, 5.74) is 11.8. The molecule has 3 aromatic rings. The number of anilines is 1. The molecular formula is C27H28N2O4. The van der Waals surface area contributed by atoms with Crippen molar-refractivity contribution in [3.05, 3.63) is 89.5 Å². The van der Waals surface area contributed by atoms with E-state index in [0.717, 1.165) is 27.8 Å². The second-order valence-corrected chi connectivity index (χ2v) is 8.45. The van der Waals surface area contributed by atoms with Crippen LogP contribution in [0, 0.1) is 0 Å². The molecule has 1 aliphatic rings. The molecule has 3 aromatic carbocycles. The molecule has 6 nitrogen and oxygen atoms in total. The van der Waals surface area contributed by atoms with Gasteiger partial charge in [-0.05, 0) is 53.8 Å². The number of carbonyl (C=O) groups is 2. The van der Waals surface area contributed by atoms with Gasteiger partial charge in [-0.1, -0.05) is 60.7 Å². The number of esters is 1. The van der Waals surface area contributed by atoms with Gasteiger partial charge in [-0.15, -0.1) is 0 Å². The van der Waals surface area contributed by atoms with Crippen LogP contribution in [-0.4, -0.2) is 30.8 Å². The SMILES string of the molecule is CC(C)OC(=O)[C@H](Cc1ccc(N)cc1)NC(=O)OCC1c2ccccc2-c2ccccc21. The predicted octanol–water partition coefficient (Wildman–Crippen LogP) is 4.67. The Hall–Kier alpha value is -3.80. The molecule has 0 radical (unpaired) electrons. The molecule has 0 fully saturated rings. The van der Waals surface area contributed by atoms with Gasteiger partial charge in [-0.25, -0.2) is 9.59 Å². The lowest BCUT2D eigenvalue weighted by Gasteiger charge is -2.20. The molecule has 0 aliphatic heterocycles. The van der Waals surface area contributed by atoms with Crippen LogP contribution in [0.15, 0.2) is 72.8 Å². The van der Waals surface area contributed by atoms with Crippen molar-refractivity contribution in [2.45, 2.75) is 38.3 Å². The van der Waals surface area contributed by atoms with Crippen LogP contribution in [0.1, 0.15) is 36.5 Å². The Bertz CT molecular complexity index is 1100. The fraction of sp³-hybridized carbons (Fsp3) is 0.259. The molecule has 3 N–H and O–H groups in total. The standard InChI is InChI=1S/C27H28N2O4/c1-17(2)33-26(30)25(15-18-11-13-19(28)14-12-18)29-27(31)32-16-24-22-9-5-3-7-20(22)21-8-4-6-10-23(21)24/h3-14,17,24-25H,15-16,28H2,1-2H3,(H,29,31)/t25-/m0/s1. The van der Waals surface area contributed by atoms with Gasteiger partial charge in [0.25, 0.3) is 0 Å². The molecular weight excluding hydrogens is 416 g/mol. The minimum Gasteiger partial charge on any atom is -0.461 e. The van der Waals surface area contributed by atoms with Gasteiger partial charge in [0.2, 0.25) is 0 Å². The number of rotatable bonds is 7.